The first-order chi connectivity index (χ1) is 8.06. The number of aryl methyl sites for hydroxylation is 2. The van der Waals surface area contributed by atoms with Crippen molar-refractivity contribution in [3.63, 3.8) is 0 Å². The van der Waals surface area contributed by atoms with Crippen LogP contribution >= 0.6 is 0 Å². The number of hydrogen-bond acceptors (Lipinski definition) is 4. The van der Waals surface area contributed by atoms with Gasteiger partial charge in [0.05, 0.1) is 18.5 Å². The lowest BCUT2D eigenvalue weighted by Crippen LogP contribution is -2.09. The van der Waals surface area contributed by atoms with Gasteiger partial charge in [-0.1, -0.05) is 0 Å². The zero-order valence-corrected chi connectivity index (χ0v) is 10.5. The van der Waals surface area contributed by atoms with E-state index in [1.807, 2.05) is 37.5 Å². The third-order valence-electron chi connectivity index (χ3n) is 2.83. The highest BCUT2D eigenvalue weighted by atomic mass is 16.5. The second-order valence-electron chi connectivity index (χ2n) is 4.00. The van der Waals surface area contributed by atoms with Crippen LogP contribution in [0.3, 0.4) is 0 Å². The Morgan fingerprint density at radius 3 is 2.41 bits per heavy atom. The van der Waals surface area contributed by atoms with Crippen LogP contribution in [0.5, 0.6) is 5.88 Å². The Hall–Kier alpha value is -2.04. The quantitative estimate of drug-likeness (QED) is 0.857. The molecule has 0 aliphatic rings. The van der Waals surface area contributed by atoms with Gasteiger partial charge in [-0.3, -0.25) is 4.57 Å². The summed E-state index contributed by atoms with van der Waals surface area (Å²) >= 11 is 0. The zero-order valence-electron chi connectivity index (χ0n) is 10.5. The summed E-state index contributed by atoms with van der Waals surface area (Å²) in [6.45, 7) is 5.87. The Labute approximate surface area is 100 Å². The molecule has 5 nitrogen and oxygen atoms in total. The van der Waals surface area contributed by atoms with Gasteiger partial charge in [-0.05, 0) is 32.9 Å². The monoisotopic (exact) mass is 232 g/mol. The number of nitrogens with zero attached hydrogens (tertiary/aromatic N) is 3. The molecule has 0 aliphatic heterocycles. The van der Waals surface area contributed by atoms with E-state index < -0.39 is 0 Å². The molecule has 0 radical (unpaired) electrons. The Balaban J connectivity index is 2.75. The number of ether oxygens (including phenoxy) is 1. The summed E-state index contributed by atoms with van der Waals surface area (Å²) < 4.78 is 7.15. The summed E-state index contributed by atoms with van der Waals surface area (Å²) in [6, 6.07) is 3.85. The number of nitrogen functional groups attached to an aromatic ring is 1. The number of methoxy groups -OCH3 is 1. The predicted molar refractivity (Wildman–Crippen MR) is 66.5 cm³/mol. The molecule has 2 aromatic heterocycles. The number of rotatable bonds is 2. The van der Waals surface area contributed by atoms with E-state index in [-0.39, 0.29) is 0 Å². The molecule has 0 saturated carbocycles. The van der Waals surface area contributed by atoms with E-state index in [1.54, 1.807) is 7.11 Å². The molecular weight excluding hydrogens is 216 g/mol. The molecule has 0 atom stereocenters. The smallest absolute Gasteiger partial charge is 0.238 e. The highest BCUT2D eigenvalue weighted by molar-refractivity contribution is 5.54. The summed E-state index contributed by atoms with van der Waals surface area (Å²) in [5, 5.41) is 8.10. The lowest BCUT2D eigenvalue weighted by molar-refractivity contribution is 0.387. The van der Waals surface area contributed by atoms with Crippen molar-refractivity contribution in [1.82, 2.24) is 14.8 Å². The summed E-state index contributed by atoms with van der Waals surface area (Å²) in [7, 11) is 1.59. The van der Waals surface area contributed by atoms with Gasteiger partial charge in [0, 0.05) is 11.3 Å². The Morgan fingerprint density at radius 2 is 1.88 bits per heavy atom. The van der Waals surface area contributed by atoms with Crippen molar-refractivity contribution < 1.29 is 4.74 Å². The van der Waals surface area contributed by atoms with E-state index in [4.69, 9.17) is 10.5 Å². The van der Waals surface area contributed by atoms with Crippen LogP contribution in [0, 0.1) is 20.8 Å². The van der Waals surface area contributed by atoms with E-state index in [1.165, 1.54) is 0 Å². The minimum absolute atomic E-state index is 0.526. The first kappa shape index (κ1) is 11.4. The molecule has 0 spiro atoms. The molecule has 5 heteroatoms. The summed E-state index contributed by atoms with van der Waals surface area (Å²) in [6.07, 6.45) is 0. The van der Waals surface area contributed by atoms with Crippen LogP contribution in [-0.4, -0.2) is 21.9 Å². The minimum atomic E-state index is 0.526. The highest BCUT2D eigenvalue weighted by Crippen LogP contribution is 2.27. The van der Waals surface area contributed by atoms with Gasteiger partial charge in [-0.25, -0.2) is 0 Å². The minimum Gasteiger partial charge on any atom is -0.480 e. The van der Waals surface area contributed by atoms with Gasteiger partial charge in [0.2, 0.25) is 5.88 Å². The molecule has 0 aromatic carbocycles. The lowest BCUT2D eigenvalue weighted by atomic mass is 10.2. The zero-order chi connectivity index (χ0) is 12.6. The van der Waals surface area contributed by atoms with E-state index in [2.05, 4.69) is 10.2 Å². The average molecular weight is 232 g/mol. The first-order valence-corrected chi connectivity index (χ1v) is 5.38. The van der Waals surface area contributed by atoms with E-state index in [0.717, 1.165) is 22.6 Å². The van der Waals surface area contributed by atoms with Gasteiger partial charge in [-0.15, -0.1) is 10.2 Å². The van der Waals surface area contributed by atoms with Crippen molar-refractivity contribution in [1.29, 1.82) is 0 Å². The van der Waals surface area contributed by atoms with Crippen LogP contribution in [0.2, 0.25) is 0 Å². The van der Waals surface area contributed by atoms with Crippen molar-refractivity contribution in [3.05, 3.63) is 29.1 Å². The Bertz CT molecular complexity index is 540. The highest BCUT2D eigenvalue weighted by Gasteiger charge is 2.15. The molecular formula is C12H16N4O. The number of anilines is 1. The number of hydrogen-bond donors (Lipinski definition) is 1. The molecule has 0 aliphatic carbocycles. The molecule has 2 aromatic rings. The van der Waals surface area contributed by atoms with Gasteiger partial charge in [0.1, 0.15) is 5.82 Å². The van der Waals surface area contributed by atoms with Crippen molar-refractivity contribution >= 4 is 5.82 Å². The SMILES string of the molecule is COc1nnc(C)c(-n2c(C)ccc2N)c1C. The fraction of sp³-hybridized carbons (Fsp3) is 0.333. The van der Waals surface area contributed by atoms with Crippen LogP contribution in [0.4, 0.5) is 5.82 Å². The van der Waals surface area contributed by atoms with Gasteiger partial charge < -0.3 is 10.5 Å². The molecule has 0 amide bonds. The molecule has 90 valence electrons. The summed E-state index contributed by atoms with van der Waals surface area (Å²) in [4.78, 5) is 0. The maximum absolute atomic E-state index is 5.98. The fourth-order valence-corrected chi connectivity index (χ4v) is 2.00. The Morgan fingerprint density at radius 1 is 1.18 bits per heavy atom. The van der Waals surface area contributed by atoms with Crippen molar-refractivity contribution in [2.75, 3.05) is 12.8 Å². The lowest BCUT2D eigenvalue weighted by Gasteiger charge is -2.15. The van der Waals surface area contributed by atoms with Crippen molar-refractivity contribution in [3.8, 4) is 11.6 Å². The average Bonchev–Trinajstić information content (AvgIpc) is 2.61. The fourth-order valence-electron chi connectivity index (χ4n) is 2.00. The molecule has 2 rings (SSSR count). The van der Waals surface area contributed by atoms with E-state index in [9.17, 15) is 0 Å². The molecule has 2 N–H and O–H groups in total. The van der Waals surface area contributed by atoms with Crippen LogP contribution < -0.4 is 10.5 Å². The normalized spacial score (nSPS) is 10.6. The van der Waals surface area contributed by atoms with E-state index >= 15 is 0 Å². The largest absolute Gasteiger partial charge is 0.480 e. The van der Waals surface area contributed by atoms with Crippen LogP contribution in [0.1, 0.15) is 17.0 Å². The van der Waals surface area contributed by atoms with Gasteiger partial charge >= 0.3 is 0 Å². The third kappa shape index (κ3) is 1.73. The molecule has 0 bridgehead atoms. The van der Waals surface area contributed by atoms with Gasteiger partial charge in [0.15, 0.2) is 0 Å². The summed E-state index contributed by atoms with van der Waals surface area (Å²) in [5.74, 6) is 1.21. The molecule has 17 heavy (non-hydrogen) atoms. The molecule has 0 unspecified atom stereocenters. The topological polar surface area (TPSA) is 66.0 Å². The maximum Gasteiger partial charge on any atom is 0.238 e. The predicted octanol–water partition coefficient (Wildman–Crippen LogP) is 1.78. The van der Waals surface area contributed by atoms with Crippen molar-refractivity contribution in [2.45, 2.75) is 20.8 Å². The van der Waals surface area contributed by atoms with E-state index in [0.29, 0.717) is 11.7 Å². The van der Waals surface area contributed by atoms with Gasteiger partial charge in [0.25, 0.3) is 0 Å². The number of aromatic nitrogens is 3. The molecule has 0 fully saturated rings. The maximum atomic E-state index is 5.98. The standard InChI is InChI=1S/C12H16N4O/c1-7-5-6-10(13)16(7)11-8(2)12(17-4)15-14-9(11)3/h5-6H,13H2,1-4H3. The summed E-state index contributed by atoms with van der Waals surface area (Å²) in [5.41, 5.74) is 9.74. The first-order valence-electron chi connectivity index (χ1n) is 5.38. The number of nitrogens with two attached hydrogens (primary N) is 1. The van der Waals surface area contributed by atoms with Crippen LogP contribution in [-0.2, 0) is 0 Å². The van der Waals surface area contributed by atoms with Gasteiger partial charge in [-0.2, -0.15) is 0 Å². The van der Waals surface area contributed by atoms with Crippen LogP contribution in [0.15, 0.2) is 12.1 Å². The van der Waals surface area contributed by atoms with Crippen LogP contribution in [0.25, 0.3) is 5.69 Å². The molecule has 0 saturated heterocycles. The molecule has 2 heterocycles. The van der Waals surface area contributed by atoms with Crippen molar-refractivity contribution in [2.24, 2.45) is 0 Å². The second-order valence-corrected chi connectivity index (χ2v) is 4.00. The Kier molecular flexibility index (Phi) is 2.75. The second kappa shape index (κ2) is 4.08. The third-order valence-corrected chi connectivity index (χ3v) is 2.83.